The molecule has 0 aliphatic carbocycles. The third-order valence-electron chi connectivity index (χ3n) is 7.25. The number of nitrogens with zero attached hydrogens (tertiary/aromatic N) is 2. The number of rotatable bonds is 10. The average molecular weight is 596 g/mol. The molecule has 0 saturated carbocycles. The zero-order valence-electron chi connectivity index (χ0n) is 24.1. The lowest BCUT2D eigenvalue weighted by atomic mass is 9.90. The normalized spacial score (nSPS) is 17.2. The van der Waals surface area contributed by atoms with Gasteiger partial charge in [0.15, 0.2) is 0 Å². The number of carbonyl (C=O) groups is 2. The molecule has 4 N–H and O–H groups in total. The largest absolute Gasteiger partial charge is 0.478 e. The number of amides is 1. The summed E-state index contributed by atoms with van der Waals surface area (Å²) in [5.74, 6) is -0.0688. The highest BCUT2D eigenvalue weighted by Crippen LogP contribution is 2.32. The van der Waals surface area contributed by atoms with E-state index in [4.69, 9.17) is 16.6 Å². The monoisotopic (exact) mass is 595 g/mol. The lowest BCUT2D eigenvalue weighted by Crippen LogP contribution is -2.31. The van der Waals surface area contributed by atoms with Crippen molar-refractivity contribution in [3.05, 3.63) is 82.1 Å². The van der Waals surface area contributed by atoms with Crippen molar-refractivity contribution in [3.63, 3.8) is 0 Å². The SMILES string of the molecule is CC1(C)CC(CCC(Nc2cccc(SNC(=O)c3ccc(C(C)(C)C)nc3Cl)n2)c2ccc(C(=O)O)cc2)CN1. The summed E-state index contributed by atoms with van der Waals surface area (Å²) in [5.41, 5.74) is 2.33. The van der Waals surface area contributed by atoms with E-state index >= 15 is 0 Å². The Morgan fingerprint density at radius 1 is 1.12 bits per heavy atom. The van der Waals surface area contributed by atoms with E-state index in [1.165, 1.54) is 0 Å². The van der Waals surface area contributed by atoms with Crippen LogP contribution in [0.2, 0.25) is 5.15 Å². The topological polar surface area (TPSA) is 116 Å². The second kappa shape index (κ2) is 12.8. The summed E-state index contributed by atoms with van der Waals surface area (Å²) in [7, 11) is 0. The fourth-order valence-electron chi connectivity index (χ4n) is 4.98. The van der Waals surface area contributed by atoms with Crippen molar-refractivity contribution in [2.24, 2.45) is 5.92 Å². The quantitative estimate of drug-likeness (QED) is 0.148. The Balaban J connectivity index is 1.44. The molecule has 1 aromatic carbocycles. The third kappa shape index (κ3) is 8.44. The fourth-order valence-corrected chi connectivity index (χ4v) is 5.82. The van der Waals surface area contributed by atoms with Crippen molar-refractivity contribution < 1.29 is 14.7 Å². The summed E-state index contributed by atoms with van der Waals surface area (Å²) in [5, 5.41) is 17.2. The molecule has 10 heteroatoms. The molecule has 0 bridgehead atoms. The number of halogens is 1. The van der Waals surface area contributed by atoms with E-state index < -0.39 is 5.97 Å². The van der Waals surface area contributed by atoms with Gasteiger partial charge in [0.25, 0.3) is 5.91 Å². The van der Waals surface area contributed by atoms with Gasteiger partial charge < -0.3 is 15.7 Å². The maximum atomic E-state index is 12.8. The lowest BCUT2D eigenvalue weighted by molar-refractivity contribution is 0.0696. The molecule has 41 heavy (non-hydrogen) atoms. The van der Waals surface area contributed by atoms with Crippen LogP contribution >= 0.6 is 23.5 Å². The zero-order valence-corrected chi connectivity index (χ0v) is 25.7. The van der Waals surface area contributed by atoms with Crippen molar-refractivity contribution in [1.29, 1.82) is 0 Å². The minimum absolute atomic E-state index is 0.0601. The minimum Gasteiger partial charge on any atom is -0.478 e. The number of nitrogens with one attached hydrogen (secondary N) is 3. The van der Waals surface area contributed by atoms with Crippen LogP contribution in [0.3, 0.4) is 0 Å². The van der Waals surface area contributed by atoms with E-state index in [-0.39, 0.29) is 33.6 Å². The van der Waals surface area contributed by atoms with Gasteiger partial charge in [0, 0.05) is 28.6 Å². The van der Waals surface area contributed by atoms with Crippen molar-refractivity contribution in [2.45, 2.75) is 75.9 Å². The Morgan fingerprint density at radius 3 is 2.46 bits per heavy atom. The first-order valence-corrected chi connectivity index (χ1v) is 15.0. The Labute approximate surface area is 251 Å². The first-order chi connectivity index (χ1) is 19.3. The van der Waals surface area contributed by atoms with Gasteiger partial charge in [-0.1, -0.05) is 50.6 Å². The summed E-state index contributed by atoms with van der Waals surface area (Å²) < 4.78 is 2.81. The van der Waals surface area contributed by atoms with Crippen LogP contribution in [-0.2, 0) is 5.41 Å². The van der Waals surface area contributed by atoms with E-state index in [0.717, 1.165) is 49.0 Å². The minimum atomic E-state index is -0.948. The van der Waals surface area contributed by atoms with Gasteiger partial charge in [-0.25, -0.2) is 14.8 Å². The molecule has 4 rings (SSSR count). The van der Waals surface area contributed by atoms with Gasteiger partial charge in [-0.2, -0.15) is 0 Å². The van der Waals surface area contributed by atoms with Crippen molar-refractivity contribution in [3.8, 4) is 0 Å². The number of carbonyl (C=O) groups excluding carboxylic acids is 1. The molecule has 2 atom stereocenters. The van der Waals surface area contributed by atoms with Crippen LogP contribution in [0.25, 0.3) is 0 Å². The summed E-state index contributed by atoms with van der Waals surface area (Å²) in [6.45, 7) is 11.6. The van der Waals surface area contributed by atoms with E-state index in [2.05, 4.69) is 34.2 Å². The number of benzene rings is 1. The molecular weight excluding hydrogens is 558 g/mol. The molecule has 0 spiro atoms. The second-order valence-corrected chi connectivity index (χ2v) is 13.4. The predicted octanol–water partition coefficient (Wildman–Crippen LogP) is 6.88. The molecule has 1 aliphatic heterocycles. The number of carboxylic acids is 1. The molecule has 1 saturated heterocycles. The predicted molar refractivity (Wildman–Crippen MR) is 165 cm³/mol. The van der Waals surface area contributed by atoms with Crippen LogP contribution in [0.5, 0.6) is 0 Å². The number of pyridine rings is 2. The van der Waals surface area contributed by atoms with Gasteiger partial charge in [0.1, 0.15) is 16.0 Å². The molecular formula is C31H38ClN5O3S. The molecule has 3 aromatic rings. The van der Waals surface area contributed by atoms with Gasteiger partial charge >= 0.3 is 5.97 Å². The standard InChI is InChI=1S/C31H38ClN5O3S/c1-30(2,3)24-16-14-22(27(32)35-24)28(38)37-41-26-8-6-7-25(36-26)34-23(15-9-19-17-31(4,5)33-18-19)20-10-12-21(13-11-20)29(39)40/h6-8,10-14,16,19,23,33H,9,15,17-18H2,1-5H3,(H,34,36)(H,37,38)(H,39,40). The average Bonchev–Trinajstić information content (AvgIpc) is 3.27. The smallest absolute Gasteiger partial charge is 0.335 e. The highest BCUT2D eigenvalue weighted by Gasteiger charge is 2.30. The summed E-state index contributed by atoms with van der Waals surface area (Å²) in [6, 6.07) is 16.0. The Bertz CT molecular complexity index is 1390. The molecule has 0 radical (unpaired) electrons. The van der Waals surface area contributed by atoms with E-state index in [9.17, 15) is 14.7 Å². The third-order valence-corrected chi connectivity index (χ3v) is 8.26. The highest BCUT2D eigenvalue weighted by atomic mass is 35.5. The molecule has 8 nitrogen and oxygen atoms in total. The summed E-state index contributed by atoms with van der Waals surface area (Å²) in [4.78, 5) is 33.3. The number of anilines is 1. The number of hydrogen-bond acceptors (Lipinski definition) is 7. The maximum Gasteiger partial charge on any atom is 0.335 e. The zero-order chi connectivity index (χ0) is 29.8. The van der Waals surface area contributed by atoms with Gasteiger partial charge in [0.05, 0.1) is 17.2 Å². The second-order valence-electron chi connectivity index (χ2n) is 12.2. The Morgan fingerprint density at radius 2 is 1.85 bits per heavy atom. The molecule has 2 aromatic heterocycles. The van der Waals surface area contributed by atoms with E-state index in [0.29, 0.717) is 22.3 Å². The highest BCUT2D eigenvalue weighted by molar-refractivity contribution is 7.97. The molecule has 218 valence electrons. The Kier molecular flexibility index (Phi) is 9.62. The van der Waals surface area contributed by atoms with Crippen LogP contribution in [0.15, 0.2) is 59.6 Å². The van der Waals surface area contributed by atoms with E-state index in [1.54, 1.807) is 18.2 Å². The van der Waals surface area contributed by atoms with Crippen molar-refractivity contribution >= 4 is 41.2 Å². The number of aromatic carboxylic acids is 1. The van der Waals surface area contributed by atoms with Crippen LogP contribution < -0.4 is 15.4 Å². The van der Waals surface area contributed by atoms with Crippen LogP contribution in [0.1, 0.15) is 91.9 Å². The molecule has 1 fully saturated rings. The molecule has 1 amide bonds. The lowest BCUT2D eigenvalue weighted by Gasteiger charge is -2.22. The first-order valence-electron chi connectivity index (χ1n) is 13.8. The summed E-state index contributed by atoms with van der Waals surface area (Å²) in [6.07, 6.45) is 2.99. The van der Waals surface area contributed by atoms with Gasteiger partial charge in [-0.05, 0) is 87.5 Å². The van der Waals surface area contributed by atoms with Crippen molar-refractivity contribution in [2.75, 3.05) is 11.9 Å². The van der Waals surface area contributed by atoms with Crippen LogP contribution in [0.4, 0.5) is 5.82 Å². The molecule has 1 aliphatic rings. The number of carboxylic acid groups (broad SMARTS) is 1. The number of hydrogen-bond donors (Lipinski definition) is 4. The molecule has 2 unspecified atom stereocenters. The number of aromatic nitrogens is 2. The maximum absolute atomic E-state index is 12.8. The molecule has 3 heterocycles. The first kappa shape index (κ1) is 30.8. The van der Waals surface area contributed by atoms with Gasteiger partial charge in [-0.3, -0.25) is 9.52 Å². The Hall–Kier alpha value is -3.14. The van der Waals surface area contributed by atoms with E-state index in [1.807, 2.05) is 57.2 Å². The van der Waals surface area contributed by atoms with Crippen LogP contribution in [0, 0.1) is 5.92 Å². The fraction of sp³-hybridized carbons (Fsp3) is 0.419. The van der Waals surface area contributed by atoms with Crippen molar-refractivity contribution in [1.82, 2.24) is 20.0 Å². The van der Waals surface area contributed by atoms with Gasteiger partial charge in [0.2, 0.25) is 0 Å². The van der Waals surface area contributed by atoms with Gasteiger partial charge in [-0.15, -0.1) is 0 Å². The summed E-state index contributed by atoms with van der Waals surface area (Å²) >= 11 is 7.44. The van der Waals surface area contributed by atoms with Crippen LogP contribution in [-0.4, -0.2) is 39.0 Å².